The Hall–Kier alpha value is -5.58. The molecule has 49 heavy (non-hydrogen) atoms. The molecular formula is C36H33N5O6S2. The van der Waals surface area contributed by atoms with Crippen molar-refractivity contribution in [1.82, 2.24) is 10.2 Å². The average Bonchev–Trinajstić information content (AvgIpc) is 3.46. The Labute approximate surface area is 291 Å². The summed E-state index contributed by atoms with van der Waals surface area (Å²) in [4.78, 5) is 54.9. The average molecular weight is 696 g/mol. The molecule has 2 heterocycles. The summed E-state index contributed by atoms with van der Waals surface area (Å²) >= 11 is 2.58. The maximum absolute atomic E-state index is 13.6. The SMILES string of the molecule is COc1cccc(/C=C(/NC(=O)c2ccccc2)C(=O)Nc2cccc(SCC(=O)Nc3sc4c(c3C#N)CCN(C(C)=O)C4)c2)c1OC. The van der Waals surface area contributed by atoms with Gasteiger partial charge in [-0.15, -0.1) is 23.1 Å². The normalized spacial score (nSPS) is 12.3. The molecule has 4 amide bonds. The molecule has 13 heteroatoms. The smallest absolute Gasteiger partial charge is 0.272 e. The van der Waals surface area contributed by atoms with Gasteiger partial charge in [0.15, 0.2) is 11.5 Å². The third-order valence-electron chi connectivity index (χ3n) is 7.59. The lowest BCUT2D eigenvalue weighted by Crippen LogP contribution is -2.33. The van der Waals surface area contributed by atoms with Gasteiger partial charge in [0.05, 0.1) is 32.1 Å². The number of nitrogens with one attached hydrogen (secondary N) is 3. The minimum absolute atomic E-state index is 0.0285. The zero-order valence-electron chi connectivity index (χ0n) is 27.0. The first kappa shape index (κ1) is 34.7. The van der Waals surface area contributed by atoms with Gasteiger partial charge >= 0.3 is 0 Å². The molecule has 5 rings (SSSR count). The second-order valence-corrected chi connectivity index (χ2v) is 12.9. The Morgan fingerprint density at radius 2 is 1.78 bits per heavy atom. The van der Waals surface area contributed by atoms with Crippen molar-refractivity contribution < 1.29 is 28.7 Å². The molecule has 0 saturated heterocycles. The van der Waals surface area contributed by atoms with Crippen LogP contribution in [0, 0.1) is 11.3 Å². The summed E-state index contributed by atoms with van der Waals surface area (Å²) in [5.74, 6) is -0.467. The number of nitrogens with zero attached hydrogens (tertiary/aromatic N) is 2. The summed E-state index contributed by atoms with van der Waals surface area (Å²) in [5, 5.41) is 18.7. The summed E-state index contributed by atoms with van der Waals surface area (Å²) in [6.07, 6.45) is 2.08. The third kappa shape index (κ3) is 8.48. The number of nitriles is 1. The Morgan fingerprint density at radius 3 is 2.49 bits per heavy atom. The molecular weight excluding hydrogens is 663 g/mol. The minimum Gasteiger partial charge on any atom is -0.493 e. The number of para-hydroxylation sites is 1. The summed E-state index contributed by atoms with van der Waals surface area (Å²) in [5.41, 5.74) is 2.63. The summed E-state index contributed by atoms with van der Waals surface area (Å²) in [7, 11) is 2.99. The molecule has 0 radical (unpaired) electrons. The van der Waals surface area contributed by atoms with Gasteiger partial charge in [-0.25, -0.2) is 0 Å². The molecule has 4 aromatic rings. The summed E-state index contributed by atoms with van der Waals surface area (Å²) < 4.78 is 10.9. The van der Waals surface area contributed by atoms with E-state index in [9.17, 15) is 24.4 Å². The van der Waals surface area contributed by atoms with E-state index in [4.69, 9.17) is 9.47 Å². The van der Waals surface area contributed by atoms with E-state index in [1.54, 1.807) is 71.6 Å². The van der Waals surface area contributed by atoms with Crippen molar-refractivity contribution >= 4 is 63.5 Å². The largest absolute Gasteiger partial charge is 0.493 e. The zero-order valence-corrected chi connectivity index (χ0v) is 28.6. The number of methoxy groups -OCH3 is 2. The highest BCUT2D eigenvalue weighted by molar-refractivity contribution is 8.00. The van der Waals surface area contributed by atoms with Crippen LogP contribution in [0.2, 0.25) is 0 Å². The molecule has 11 nitrogen and oxygen atoms in total. The van der Waals surface area contributed by atoms with Crippen molar-refractivity contribution in [3.63, 3.8) is 0 Å². The number of carbonyl (C=O) groups excluding carboxylic acids is 4. The lowest BCUT2D eigenvalue weighted by molar-refractivity contribution is -0.129. The van der Waals surface area contributed by atoms with Gasteiger partial charge in [0.2, 0.25) is 11.8 Å². The van der Waals surface area contributed by atoms with E-state index in [0.29, 0.717) is 63.3 Å². The number of thioether (sulfide) groups is 1. The highest BCUT2D eigenvalue weighted by Gasteiger charge is 2.26. The molecule has 1 aliphatic heterocycles. The van der Waals surface area contributed by atoms with Crippen LogP contribution >= 0.6 is 23.1 Å². The predicted molar refractivity (Wildman–Crippen MR) is 190 cm³/mol. The molecule has 0 aliphatic carbocycles. The Balaban J connectivity index is 1.29. The van der Waals surface area contributed by atoms with Crippen molar-refractivity contribution in [3.05, 3.63) is 106 Å². The first-order valence-corrected chi connectivity index (χ1v) is 16.9. The molecule has 0 spiro atoms. The standard InChI is InChI=1S/C36H33N5O6S2/c1-22(42)41-16-15-27-28(19-37)36(49-31(27)20-41)40-32(43)21-48-26-13-8-12-25(18-26)38-35(45)29(39-34(44)23-9-5-4-6-10-23)17-24-11-7-14-30(46-2)33(24)47-3/h4-14,17-18H,15-16,20-21H2,1-3H3,(H,38,45)(H,39,44)(H,40,43)/b29-17+. The van der Waals surface area contributed by atoms with Gasteiger partial charge in [-0.2, -0.15) is 5.26 Å². The van der Waals surface area contributed by atoms with Gasteiger partial charge in [-0.05, 0) is 54.5 Å². The lowest BCUT2D eigenvalue weighted by Gasteiger charge is -2.25. The fraction of sp³-hybridized carbons (Fsp3) is 0.194. The monoisotopic (exact) mass is 695 g/mol. The van der Waals surface area contributed by atoms with Crippen molar-refractivity contribution in [2.24, 2.45) is 0 Å². The van der Waals surface area contributed by atoms with Gasteiger partial charge < -0.3 is 30.3 Å². The number of benzene rings is 3. The van der Waals surface area contributed by atoms with Crippen molar-refractivity contribution in [3.8, 4) is 17.6 Å². The van der Waals surface area contributed by atoms with Crippen LogP contribution in [0.15, 0.2) is 83.4 Å². The van der Waals surface area contributed by atoms with Crippen LogP contribution < -0.4 is 25.4 Å². The predicted octanol–water partition coefficient (Wildman–Crippen LogP) is 5.68. The van der Waals surface area contributed by atoms with Gasteiger partial charge in [0.25, 0.3) is 11.8 Å². The first-order valence-electron chi connectivity index (χ1n) is 15.1. The number of ether oxygens (including phenoxy) is 2. The molecule has 0 fully saturated rings. The number of fused-ring (bicyclic) bond motifs is 1. The Bertz CT molecular complexity index is 1970. The topological polar surface area (TPSA) is 150 Å². The number of amides is 4. The van der Waals surface area contributed by atoms with E-state index in [1.807, 2.05) is 6.07 Å². The van der Waals surface area contributed by atoms with Crippen LogP contribution in [0.1, 0.15) is 38.8 Å². The number of hydrogen-bond donors (Lipinski definition) is 3. The van der Waals surface area contributed by atoms with Crippen LogP contribution in [0.3, 0.4) is 0 Å². The van der Waals surface area contributed by atoms with Crippen molar-refractivity contribution in [2.45, 2.75) is 24.8 Å². The van der Waals surface area contributed by atoms with E-state index in [-0.39, 0.29) is 23.3 Å². The fourth-order valence-corrected chi connectivity index (χ4v) is 7.16. The van der Waals surface area contributed by atoms with Gasteiger partial charge in [-0.3, -0.25) is 19.2 Å². The van der Waals surface area contributed by atoms with E-state index >= 15 is 0 Å². The summed E-state index contributed by atoms with van der Waals surface area (Å²) in [6.45, 7) is 2.48. The van der Waals surface area contributed by atoms with Crippen LogP contribution in [0.4, 0.5) is 10.7 Å². The molecule has 3 N–H and O–H groups in total. The molecule has 3 aromatic carbocycles. The van der Waals surface area contributed by atoms with Crippen LogP contribution in [0.25, 0.3) is 6.08 Å². The van der Waals surface area contributed by atoms with Gasteiger partial charge in [0, 0.05) is 40.1 Å². The fourth-order valence-electron chi connectivity index (χ4n) is 5.18. The van der Waals surface area contributed by atoms with E-state index in [1.165, 1.54) is 50.3 Å². The zero-order chi connectivity index (χ0) is 34.9. The van der Waals surface area contributed by atoms with Crippen molar-refractivity contribution in [1.29, 1.82) is 5.26 Å². The minimum atomic E-state index is -0.580. The van der Waals surface area contributed by atoms with Crippen LogP contribution in [-0.4, -0.2) is 55.0 Å². The first-order chi connectivity index (χ1) is 23.7. The molecule has 0 bridgehead atoms. The third-order valence-corrected chi connectivity index (χ3v) is 9.72. The van der Waals surface area contributed by atoms with E-state index < -0.39 is 11.8 Å². The molecule has 1 aliphatic rings. The van der Waals surface area contributed by atoms with Gasteiger partial charge in [-0.1, -0.05) is 36.4 Å². The number of carbonyl (C=O) groups is 4. The van der Waals surface area contributed by atoms with Crippen LogP contribution in [0.5, 0.6) is 11.5 Å². The Kier molecular flexibility index (Phi) is 11.4. The van der Waals surface area contributed by atoms with E-state index in [2.05, 4.69) is 22.0 Å². The van der Waals surface area contributed by atoms with Crippen LogP contribution in [-0.2, 0) is 27.3 Å². The molecule has 250 valence electrons. The molecule has 0 unspecified atom stereocenters. The molecule has 1 aromatic heterocycles. The molecule has 0 atom stereocenters. The quantitative estimate of drug-likeness (QED) is 0.134. The number of hydrogen-bond acceptors (Lipinski definition) is 9. The summed E-state index contributed by atoms with van der Waals surface area (Å²) in [6, 6.07) is 22.9. The Morgan fingerprint density at radius 1 is 1.00 bits per heavy atom. The van der Waals surface area contributed by atoms with Crippen molar-refractivity contribution in [2.75, 3.05) is 37.2 Å². The maximum Gasteiger partial charge on any atom is 0.272 e. The lowest BCUT2D eigenvalue weighted by atomic mass is 10.0. The number of rotatable bonds is 11. The van der Waals surface area contributed by atoms with E-state index in [0.717, 1.165) is 10.4 Å². The molecule has 0 saturated carbocycles. The highest BCUT2D eigenvalue weighted by Crippen LogP contribution is 2.37. The maximum atomic E-state index is 13.6. The number of anilines is 2. The van der Waals surface area contributed by atoms with Gasteiger partial charge in [0.1, 0.15) is 16.8 Å². The second kappa shape index (κ2) is 16.0. The number of thiophene rings is 1. The second-order valence-electron chi connectivity index (χ2n) is 10.8. The highest BCUT2D eigenvalue weighted by atomic mass is 32.2.